The van der Waals surface area contributed by atoms with Crippen molar-refractivity contribution in [1.82, 2.24) is 19.8 Å². The number of likely N-dealkylation sites (tertiary alicyclic amines) is 1. The summed E-state index contributed by atoms with van der Waals surface area (Å²) in [6, 6.07) is 0.391. The van der Waals surface area contributed by atoms with Gasteiger partial charge in [0.05, 0.1) is 31.6 Å². The third-order valence-electron chi connectivity index (χ3n) is 5.27. The third kappa shape index (κ3) is 6.90. The Balaban J connectivity index is 0.00000261. The number of rotatable bonds is 8. The molecule has 7 nitrogen and oxygen atoms in total. The average Bonchev–Trinajstić information content (AvgIpc) is 3.30. The highest BCUT2D eigenvalue weighted by molar-refractivity contribution is 14.0. The first-order valence-corrected chi connectivity index (χ1v) is 9.93. The Hall–Kier alpha value is -0.870. The monoisotopic (exact) mass is 491 g/mol. The van der Waals surface area contributed by atoms with Crippen molar-refractivity contribution in [3.05, 3.63) is 18.7 Å². The molecule has 0 bridgehead atoms. The first kappa shape index (κ1) is 22.4. The van der Waals surface area contributed by atoms with E-state index in [1.165, 1.54) is 12.8 Å². The molecule has 0 radical (unpaired) electrons. The summed E-state index contributed by atoms with van der Waals surface area (Å²) in [5.74, 6) is 2.20. The van der Waals surface area contributed by atoms with E-state index in [0.717, 1.165) is 44.5 Å². The zero-order valence-electron chi connectivity index (χ0n) is 16.5. The minimum absolute atomic E-state index is 0. The van der Waals surface area contributed by atoms with Crippen LogP contribution in [0.1, 0.15) is 39.2 Å². The van der Waals surface area contributed by atoms with E-state index in [4.69, 9.17) is 4.74 Å². The van der Waals surface area contributed by atoms with Crippen LogP contribution in [0.25, 0.3) is 0 Å². The zero-order valence-corrected chi connectivity index (χ0v) is 18.8. The van der Waals surface area contributed by atoms with Gasteiger partial charge in [-0.1, -0.05) is 6.92 Å². The van der Waals surface area contributed by atoms with Crippen molar-refractivity contribution in [3.8, 4) is 0 Å². The number of nitrogens with one attached hydrogen (secondary N) is 1. The summed E-state index contributed by atoms with van der Waals surface area (Å²) in [6.07, 6.45) is 8.87. The maximum absolute atomic E-state index is 10.2. The van der Waals surface area contributed by atoms with Crippen LogP contribution in [0.5, 0.6) is 0 Å². The van der Waals surface area contributed by atoms with Crippen LogP contribution in [-0.4, -0.2) is 71.0 Å². The standard InChI is InChI=1S/C19H33N5O2.HI/c1-3-21-19(22-10-17(25)13-26-12-16-4-5-16)23-8-6-15(2)18(11-23)24-9-7-20-14-24;/h7,9,14-18,25H,3-6,8,10-13H2,1-2H3,(H,21,22);1H. The fourth-order valence-corrected chi connectivity index (χ4v) is 3.42. The number of aliphatic hydroxyl groups is 1. The number of piperidine rings is 1. The Morgan fingerprint density at radius 2 is 2.22 bits per heavy atom. The van der Waals surface area contributed by atoms with Gasteiger partial charge in [-0.15, -0.1) is 24.0 Å². The maximum Gasteiger partial charge on any atom is 0.194 e. The number of nitrogens with zero attached hydrogens (tertiary/aromatic N) is 4. The molecule has 0 aromatic carbocycles. The molecule has 3 atom stereocenters. The van der Waals surface area contributed by atoms with Gasteiger partial charge >= 0.3 is 0 Å². The lowest BCUT2D eigenvalue weighted by atomic mass is 9.93. The van der Waals surface area contributed by atoms with Gasteiger partial charge in [0.25, 0.3) is 0 Å². The van der Waals surface area contributed by atoms with E-state index in [2.05, 4.69) is 38.6 Å². The van der Waals surface area contributed by atoms with Gasteiger partial charge in [-0.05, 0) is 38.0 Å². The highest BCUT2D eigenvalue weighted by Gasteiger charge is 2.29. The van der Waals surface area contributed by atoms with Crippen molar-refractivity contribution in [2.45, 2.75) is 45.3 Å². The number of guanidine groups is 1. The van der Waals surface area contributed by atoms with E-state index in [-0.39, 0.29) is 24.0 Å². The molecular formula is C19H34IN5O2. The SMILES string of the molecule is CCNC(=NCC(O)COCC1CC1)N1CCC(C)C(n2ccnc2)C1.I. The molecule has 3 unspecified atom stereocenters. The summed E-state index contributed by atoms with van der Waals surface area (Å²) >= 11 is 0. The lowest BCUT2D eigenvalue weighted by molar-refractivity contribution is 0.0367. The molecule has 1 aliphatic heterocycles. The van der Waals surface area contributed by atoms with Gasteiger partial charge in [-0.3, -0.25) is 4.99 Å². The average molecular weight is 491 g/mol. The van der Waals surface area contributed by atoms with Crippen LogP contribution in [0, 0.1) is 11.8 Å². The quantitative estimate of drug-likeness (QED) is 0.331. The van der Waals surface area contributed by atoms with Gasteiger partial charge in [-0.2, -0.15) is 0 Å². The van der Waals surface area contributed by atoms with Crippen LogP contribution < -0.4 is 5.32 Å². The molecule has 154 valence electrons. The molecule has 1 saturated heterocycles. The Labute approximate surface area is 179 Å². The summed E-state index contributed by atoms with van der Waals surface area (Å²) in [6.45, 7) is 8.58. The van der Waals surface area contributed by atoms with Crippen LogP contribution in [-0.2, 0) is 4.74 Å². The molecule has 2 heterocycles. The molecule has 1 saturated carbocycles. The largest absolute Gasteiger partial charge is 0.389 e. The van der Waals surface area contributed by atoms with E-state index in [9.17, 15) is 5.11 Å². The van der Waals surface area contributed by atoms with Crippen LogP contribution in [0.15, 0.2) is 23.7 Å². The second kappa shape index (κ2) is 11.2. The smallest absolute Gasteiger partial charge is 0.194 e. The van der Waals surface area contributed by atoms with Crippen molar-refractivity contribution >= 4 is 29.9 Å². The van der Waals surface area contributed by atoms with Crippen LogP contribution in [0.3, 0.4) is 0 Å². The van der Waals surface area contributed by atoms with Crippen LogP contribution in [0.2, 0.25) is 0 Å². The van der Waals surface area contributed by atoms with E-state index >= 15 is 0 Å². The highest BCUT2D eigenvalue weighted by atomic mass is 127. The molecule has 2 aliphatic rings. The summed E-state index contributed by atoms with van der Waals surface area (Å²) in [7, 11) is 0. The summed E-state index contributed by atoms with van der Waals surface area (Å²) in [5.41, 5.74) is 0. The van der Waals surface area contributed by atoms with E-state index in [0.29, 0.717) is 25.1 Å². The molecule has 8 heteroatoms. The fourth-order valence-electron chi connectivity index (χ4n) is 3.42. The maximum atomic E-state index is 10.2. The van der Waals surface area contributed by atoms with E-state index in [1.807, 2.05) is 18.7 Å². The minimum atomic E-state index is -0.546. The van der Waals surface area contributed by atoms with E-state index < -0.39 is 6.10 Å². The first-order valence-electron chi connectivity index (χ1n) is 9.93. The second-order valence-electron chi connectivity index (χ2n) is 7.62. The van der Waals surface area contributed by atoms with Gasteiger partial charge in [0.1, 0.15) is 0 Å². The second-order valence-corrected chi connectivity index (χ2v) is 7.62. The number of aromatic nitrogens is 2. The van der Waals surface area contributed by atoms with Crippen LogP contribution in [0.4, 0.5) is 0 Å². The molecule has 0 amide bonds. The van der Waals surface area contributed by atoms with Gasteiger partial charge in [-0.25, -0.2) is 4.98 Å². The lowest BCUT2D eigenvalue weighted by Gasteiger charge is -2.39. The third-order valence-corrected chi connectivity index (χ3v) is 5.27. The predicted octanol–water partition coefficient (Wildman–Crippen LogP) is 2.14. The van der Waals surface area contributed by atoms with Crippen molar-refractivity contribution in [3.63, 3.8) is 0 Å². The molecule has 1 aromatic heterocycles. The number of aliphatic hydroxyl groups excluding tert-OH is 1. The molecule has 3 rings (SSSR count). The molecule has 2 fully saturated rings. The zero-order chi connectivity index (χ0) is 18.4. The number of aliphatic imine (C=N–C) groups is 1. The molecule has 1 aliphatic carbocycles. The Morgan fingerprint density at radius 3 is 2.89 bits per heavy atom. The fraction of sp³-hybridized carbons (Fsp3) is 0.789. The van der Waals surface area contributed by atoms with Crippen molar-refractivity contribution in [2.75, 3.05) is 39.4 Å². The molecule has 27 heavy (non-hydrogen) atoms. The molecule has 0 spiro atoms. The van der Waals surface area contributed by atoms with Gasteiger partial charge < -0.3 is 24.6 Å². The van der Waals surface area contributed by atoms with Crippen molar-refractivity contribution < 1.29 is 9.84 Å². The number of hydrogen-bond donors (Lipinski definition) is 2. The summed E-state index contributed by atoms with van der Waals surface area (Å²) in [5, 5.41) is 13.5. The van der Waals surface area contributed by atoms with Crippen LogP contribution >= 0.6 is 24.0 Å². The Morgan fingerprint density at radius 1 is 1.41 bits per heavy atom. The summed E-state index contributed by atoms with van der Waals surface area (Å²) in [4.78, 5) is 11.2. The number of halogens is 1. The molecular weight excluding hydrogens is 457 g/mol. The van der Waals surface area contributed by atoms with Gasteiger partial charge in [0.2, 0.25) is 0 Å². The predicted molar refractivity (Wildman–Crippen MR) is 118 cm³/mol. The first-order chi connectivity index (χ1) is 12.7. The normalized spacial score (nSPS) is 24.4. The van der Waals surface area contributed by atoms with Gasteiger partial charge in [0, 0.05) is 38.6 Å². The van der Waals surface area contributed by atoms with E-state index in [1.54, 1.807) is 0 Å². The molecule has 2 N–H and O–H groups in total. The molecule has 1 aromatic rings. The lowest BCUT2D eigenvalue weighted by Crippen LogP contribution is -2.49. The topological polar surface area (TPSA) is 74.9 Å². The van der Waals surface area contributed by atoms with Gasteiger partial charge in [0.15, 0.2) is 5.96 Å². The Bertz CT molecular complexity index is 564. The number of imidazole rings is 1. The number of hydrogen-bond acceptors (Lipinski definition) is 4. The minimum Gasteiger partial charge on any atom is -0.389 e. The van der Waals surface area contributed by atoms with Crippen molar-refractivity contribution in [1.29, 1.82) is 0 Å². The highest BCUT2D eigenvalue weighted by Crippen LogP contribution is 2.29. The number of ether oxygens (including phenoxy) is 1. The summed E-state index contributed by atoms with van der Waals surface area (Å²) < 4.78 is 7.77. The van der Waals surface area contributed by atoms with Crippen molar-refractivity contribution in [2.24, 2.45) is 16.8 Å². The Kier molecular flexibility index (Phi) is 9.31.